The molecule has 0 bridgehead atoms. The van der Waals surface area contributed by atoms with Gasteiger partial charge in [0.1, 0.15) is 19.8 Å². The van der Waals surface area contributed by atoms with Crippen LogP contribution in [0.3, 0.4) is 0 Å². The van der Waals surface area contributed by atoms with Gasteiger partial charge >= 0.3 is 5.97 Å². The molecule has 0 radical (unpaired) electrons. The van der Waals surface area contributed by atoms with E-state index in [1.807, 2.05) is 63.7 Å². The summed E-state index contributed by atoms with van der Waals surface area (Å²) >= 11 is 0. The van der Waals surface area contributed by atoms with Gasteiger partial charge < -0.3 is 33.0 Å². The molecule has 0 saturated carbocycles. The van der Waals surface area contributed by atoms with Gasteiger partial charge in [-0.05, 0) is 57.4 Å². The Labute approximate surface area is 331 Å². The predicted octanol–water partition coefficient (Wildman–Crippen LogP) is 10.8. The van der Waals surface area contributed by atoms with Crippen LogP contribution in [0.5, 0.6) is 0 Å². The van der Waals surface area contributed by atoms with Crippen molar-refractivity contribution in [2.75, 3.05) is 47.5 Å². The Bertz CT molecular complexity index is 1070. The molecule has 0 aliphatic rings. The molecule has 10 heteroatoms. The Morgan fingerprint density at radius 2 is 1.28 bits per heavy atom. The molecule has 0 heterocycles. The van der Waals surface area contributed by atoms with E-state index in [9.17, 15) is 19.4 Å². The highest BCUT2D eigenvalue weighted by Gasteiger charge is 2.20. The van der Waals surface area contributed by atoms with Crippen LogP contribution in [-0.2, 0) is 27.9 Å². The summed E-state index contributed by atoms with van der Waals surface area (Å²) in [7, 11) is 1.25. The third kappa shape index (κ3) is 39.7. The van der Waals surface area contributed by atoms with E-state index in [1.54, 1.807) is 12.3 Å². The van der Waals surface area contributed by atoms with Crippen molar-refractivity contribution in [2.45, 2.75) is 167 Å². The maximum Gasteiger partial charge on any atom is 0.306 e. The molecule has 314 valence electrons. The fraction of sp³-hybridized carbons (Fsp3) is 0.750. The van der Waals surface area contributed by atoms with Crippen LogP contribution in [0.25, 0.3) is 0 Å². The first-order valence-corrected chi connectivity index (χ1v) is 22.6. The van der Waals surface area contributed by atoms with Gasteiger partial charge in [-0.1, -0.05) is 146 Å². The van der Waals surface area contributed by atoms with Crippen molar-refractivity contribution in [3.8, 4) is 0 Å². The van der Waals surface area contributed by atoms with Crippen molar-refractivity contribution in [1.29, 1.82) is 0 Å². The number of allylic oxidation sites excluding steroid dienone is 7. The first kappa shape index (κ1) is 52.0. The molecule has 0 aliphatic heterocycles. The molecule has 0 saturated heterocycles. The molecule has 0 amide bonds. The molecule has 9 nitrogen and oxygen atoms in total. The van der Waals surface area contributed by atoms with Crippen LogP contribution in [0, 0.1) is 0 Å². The Hall–Kier alpha value is -2.00. The highest BCUT2D eigenvalue weighted by atomic mass is 31.2. The van der Waals surface area contributed by atoms with Gasteiger partial charge in [0.25, 0.3) is 7.82 Å². The van der Waals surface area contributed by atoms with Crippen LogP contribution in [0.4, 0.5) is 0 Å². The minimum Gasteiger partial charge on any atom is -0.756 e. The van der Waals surface area contributed by atoms with Crippen molar-refractivity contribution in [1.82, 2.24) is 0 Å². The second kappa shape index (κ2) is 36.6. The Morgan fingerprint density at radius 1 is 0.704 bits per heavy atom. The van der Waals surface area contributed by atoms with Crippen molar-refractivity contribution < 1.29 is 42.4 Å². The molecule has 0 aromatic heterocycles. The zero-order valence-corrected chi connectivity index (χ0v) is 35.9. The summed E-state index contributed by atoms with van der Waals surface area (Å²) in [5, 5.41) is 10.0. The highest BCUT2D eigenvalue weighted by molar-refractivity contribution is 7.45. The number of ether oxygens (including phenoxy) is 2. The number of carbonyl (C=O) groups is 1. The maximum atomic E-state index is 12.6. The molecule has 1 N–H and O–H groups in total. The van der Waals surface area contributed by atoms with Crippen molar-refractivity contribution in [2.24, 2.45) is 0 Å². The standard InChI is InChI=1S/C44H80NO8P/c1-6-8-10-12-14-15-16-17-18-19-22-25-29-33-38-50-40-43(41-52-54(48,49)51-39-37-45(3,4)5)53-44(47)36-32-28-24-21-20-23-27-31-35-42(46)34-30-26-13-11-9-7-2/h21,23-24,26-27,30-31,33,35,38,42-43,46H,6-20,22,25,28-29,32,34,36-37,39-41H2,1-5H3/b24-21-,27-23-,30-26-,35-31+,38-33+/t42-,43+/m0/s1. The first-order valence-electron chi connectivity index (χ1n) is 21.2. The minimum absolute atomic E-state index is 0.00659. The smallest absolute Gasteiger partial charge is 0.306 e. The third-order valence-electron chi connectivity index (χ3n) is 8.72. The number of unbranched alkanes of at least 4 members (excludes halogenated alkanes) is 16. The fourth-order valence-corrected chi connectivity index (χ4v) is 6.08. The van der Waals surface area contributed by atoms with E-state index in [0.717, 1.165) is 25.7 Å². The van der Waals surface area contributed by atoms with E-state index in [2.05, 4.69) is 19.9 Å². The molecule has 0 spiro atoms. The van der Waals surface area contributed by atoms with E-state index in [-0.39, 0.29) is 26.2 Å². The maximum absolute atomic E-state index is 12.6. The topological polar surface area (TPSA) is 114 Å². The van der Waals surface area contributed by atoms with Crippen LogP contribution in [0.1, 0.15) is 155 Å². The molecular weight excluding hydrogens is 701 g/mol. The van der Waals surface area contributed by atoms with Gasteiger partial charge in [-0.3, -0.25) is 9.36 Å². The second-order valence-electron chi connectivity index (χ2n) is 15.3. The third-order valence-corrected chi connectivity index (χ3v) is 9.68. The summed E-state index contributed by atoms with van der Waals surface area (Å²) in [5.74, 6) is -0.438. The summed E-state index contributed by atoms with van der Waals surface area (Å²) < 4.78 is 34.2. The molecule has 0 aliphatic carbocycles. The van der Waals surface area contributed by atoms with Crippen molar-refractivity contribution >= 4 is 13.8 Å². The normalized spacial score (nSPS) is 14.9. The molecule has 0 fully saturated rings. The lowest BCUT2D eigenvalue weighted by molar-refractivity contribution is -0.870. The van der Waals surface area contributed by atoms with E-state index < -0.39 is 26.0 Å². The molecule has 1 unspecified atom stereocenters. The molecule has 0 rings (SSSR count). The fourth-order valence-electron chi connectivity index (χ4n) is 5.35. The average Bonchev–Trinajstić information content (AvgIpc) is 3.11. The van der Waals surface area contributed by atoms with Gasteiger partial charge in [0.15, 0.2) is 6.10 Å². The molecule has 3 atom stereocenters. The Morgan fingerprint density at radius 3 is 1.94 bits per heavy atom. The monoisotopic (exact) mass is 782 g/mol. The molecule has 0 aromatic rings. The van der Waals surface area contributed by atoms with Gasteiger partial charge in [0.05, 0.1) is 40.1 Å². The zero-order valence-electron chi connectivity index (χ0n) is 35.0. The van der Waals surface area contributed by atoms with E-state index in [0.29, 0.717) is 30.3 Å². The minimum atomic E-state index is -4.57. The summed E-state index contributed by atoms with van der Waals surface area (Å²) in [6.45, 7) is 4.53. The van der Waals surface area contributed by atoms with E-state index in [4.69, 9.17) is 18.5 Å². The number of esters is 1. The number of carbonyl (C=O) groups excluding carboxylic acids is 1. The largest absolute Gasteiger partial charge is 0.756 e. The lowest BCUT2D eigenvalue weighted by Crippen LogP contribution is -2.37. The first-order chi connectivity index (χ1) is 26.0. The number of nitrogens with zero attached hydrogens (tertiary/aromatic N) is 1. The van der Waals surface area contributed by atoms with Crippen LogP contribution >= 0.6 is 7.82 Å². The predicted molar refractivity (Wildman–Crippen MR) is 223 cm³/mol. The number of hydrogen-bond acceptors (Lipinski definition) is 8. The number of quaternary nitrogens is 1. The van der Waals surface area contributed by atoms with Gasteiger partial charge in [-0.15, -0.1) is 0 Å². The Kier molecular flexibility index (Phi) is 35.3. The zero-order chi connectivity index (χ0) is 40.0. The quantitative estimate of drug-likeness (QED) is 0.0125. The number of phosphoric acid groups is 1. The lowest BCUT2D eigenvalue weighted by atomic mass is 10.0. The summed E-state index contributed by atoms with van der Waals surface area (Å²) in [5.41, 5.74) is 0. The number of hydrogen-bond donors (Lipinski definition) is 1. The van der Waals surface area contributed by atoms with Crippen molar-refractivity contribution in [3.05, 3.63) is 60.9 Å². The number of likely N-dealkylation sites (N-methyl/N-ethyl adjacent to an activating group) is 1. The lowest BCUT2D eigenvalue weighted by Gasteiger charge is -2.28. The van der Waals surface area contributed by atoms with Gasteiger partial charge in [-0.2, -0.15) is 0 Å². The second-order valence-corrected chi connectivity index (χ2v) is 16.7. The Balaban J connectivity index is 4.50. The molecule has 54 heavy (non-hydrogen) atoms. The molecule has 0 aromatic carbocycles. The van der Waals surface area contributed by atoms with Crippen LogP contribution < -0.4 is 4.89 Å². The van der Waals surface area contributed by atoms with Gasteiger partial charge in [0, 0.05) is 6.42 Å². The summed E-state index contributed by atoms with van der Waals surface area (Å²) in [4.78, 5) is 25.0. The van der Waals surface area contributed by atoms with Crippen LogP contribution in [0.15, 0.2) is 60.9 Å². The summed E-state index contributed by atoms with van der Waals surface area (Å²) in [6, 6.07) is 0. The van der Waals surface area contributed by atoms with Gasteiger partial charge in [0.2, 0.25) is 0 Å². The number of aliphatic hydroxyl groups is 1. The highest BCUT2D eigenvalue weighted by Crippen LogP contribution is 2.38. The van der Waals surface area contributed by atoms with Crippen LogP contribution in [0.2, 0.25) is 0 Å². The number of aliphatic hydroxyl groups excluding tert-OH is 1. The van der Waals surface area contributed by atoms with Gasteiger partial charge in [-0.25, -0.2) is 0 Å². The number of phosphoric ester groups is 1. The van der Waals surface area contributed by atoms with E-state index >= 15 is 0 Å². The van der Waals surface area contributed by atoms with E-state index in [1.165, 1.54) is 89.9 Å². The molecular formula is C44H80NO8P. The average molecular weight is 782 g/mol. The van der Waals surface area contributed by atoms with Crippen LogP contribution in [-0.4, -0.2) is 75.3 Å². The number of rotatable bonds is 38. The summed E-state index contributed by atoms with van der Waals surface area (Å²) in [6.07, 6.45) is 42.1. The SMILES string of the molecule is CCCCC/C=C\C[C@H](O)/C=C/C=C\C/C=C\CCCC(=O)O[C@H](CO/C=C/CCCCCCCCCCCCCC)COP(=O)([O-])OCC[N+](C)(C)C. The van der Waals surface area contributed by atoms with Crippen molar-refractivity contribution in [3.63, 3.8) is 0 Å².